The average Bonchev–Trinajstić information content (AvgIpc) is 2.69. The van der Waals surface area contributed by atoms with Crippen LogP contribution in [0.4, 0.5) is 4.39 Å². The van der Waals surface area contributed by atoms with Crippen LogP contribution in [0.15, 0.2) is 34.7 Å². The van der Waals surface area contributed by atoms with E-state index in [2.05, 4.69) is 0 Å². The van der Waals surface area contributed by atoms with E-state index in [9.17, 15) is 9.50 Å². The lowest BCUT2D eigenvalue weighted by molar-refractivity contribution is 0.187. The number of aryl methyl sites for hydroxylation is 1. The van der Waals surface area contributed by atoms with Crippen molar-refractivity contribution in [1.82, 2.24) is 0 Å². The molecule has 0 amide bonds. The maximum absolute atomic E-state index is 13.1. The molecule has 0 fully saturated rings. The zero-order chi connectivity index (χ0) is 12.4. The molecule has 0 aliphatic heterocycles. The van der Waals surface area contributed by atoms with E-state index in [0.29, 0.717) is 17.7 Å². The Morgan fingerprint density at radius 1 is 1.29 bits per heavy atom. The molecule has 0 aliphatic rings. The predicted molar refractivity (Wildman–Crippen MR) is 64.2 cm³/mol. The number of benzene rings is 1. The van der Waals surface area contributed by atoms with Gasteiger partial charge in [0.25, 0.3) is 0 Å². The topological polar surface area (TPSA) is 33.4 Å². The van der Waals surface area contributed by atoms with Crippen molar-refractivity contribution >= 4 is 0 Å². The van der Waals surface area contributed by atoms with Crippen LogP contribution in [0.25, 0.3) is 11.3 Å². The minimum absolute atomic E-state index is 0.218. The first-order valence-electron chi connectivity index (χ1n) is 5.59. The summed E-state index contributed by atoms with van der Waals surface area (Å²) in [6, 6.07) is 8.54. The highest BCUT2D eigenvalue weighted by Crippen LogP contribution is 2.24. The van der Waals surface area contributed by atoms with Crippen molar-refractivity contribution in [3.8, 4) is 11.3 Å². The zero-order valence-corrected chi connectivity index (χ0v) is 9.90. The first kappa shape index (κ1) is 11.9. The van der Waals surface area contributed by atoms with E-state index in [0.717, 1.165) is 11.3 Å². The Balaban J connectivity index is 2.27. The van der Waals surface area contributed by atoms with Gasteiger partial charge in [-0.15, -0.1) is 0 Å². The van der Waals surface area contributed by atoms with Crippen LogP contribution in [0.2, 0.25) is 0 Å². The Kier molecular flexibility index (Phi) is 3.29. The molecule has 0 bridgehead atoms. The van der Waals surface area contributed by atoms with E-state index in [-0.39, 0.29) is 5.82 Å². The van der Waals surface area contributed by atoms with Crippen molar-refractivity contribution in [3.63, 3.8) is 0 Å². The minimum atomic E-state index is -0.427. The van der Waals surface area contributed by atoms with Crippen LogP contribution in [-0.2, 0) is 6.42 Å². The first-order valence-corrected chi connectivity index (χ1v) is 5.59. The number of aliphatic hydroxyl groups excluding tert-OH is 1. The van der Waals surface area contributed by atoms with Gasteiger partial charge in [0, 0.05) is 12.0 Å². The molecule has 1 atom stereocenters. The Labute approximate surface area is 99.7 Å². The minimum Gasteiger partial charge on any atom is -0.461 e. The van der Waals surface area contributed by atoms with Crippen LogP contribution < -0.4 is 0 Å². The third kappa shape index (κ3) is 2.74. The summed E-state index contributed by atoms with van der Waals surface area (Å²) in [4.78, 5) is 0. The number of aliphatic hydroxyl groups is 1. The summed E-state index contributed by atoms with van der Waals surface area (Å²) in [5.74, 6) is 1.21. The smallest absolute Gasteiger partial charge is 0.134 e. The van der Waals surface area contributed by atoms with E-state index in [1.165, 1.54) is 6.07 Å². The van der Waals surface area contributed by atoms with Gasteiger partial charge in [-0.1, -0.05) is 0 Å². The normalized spacial score (nSPS) is 12.7. The lowest BCUT2D eigenvalue weighted by Gasteiger charge is -2.02. The fourth-order valence-corrected chi connectivity index (χ4v) is 1.73. The summed E-state index contributed by atoms with van der Waals surface area (Å²) in [6.07, 6.45) is 0.0594. The Bertz CT molecular complexity index is 515. The molecule has 0 saturated heterocycles. The molecule has 0 aliphatic carbocycles. The second-order valence-electron chi connectivity index (χ2n) is 4.28. The van der Waals surface area contributed by atoms with Crippen molar-refractivity contribution in [3.05, 3.63) is 47.5 Å². The van der Waals surface area contributed by atoms with Gasteiger partial charge < -0.3 is 9.52 Å². The summed E-state index contributed by atoms with van der Waals surface area (Å²) in [5.41, 5.74) is 1.44. The zero-order valence-electron chi connectivity index (χ0n) is 9.90. The summed E-state index contributed by atoms with van der Waals surface area (Å²) >= 11 is 0. The molecule has 3 heteroatoms. The number of hydrogen-bond donors (Lipinski definition) is 1. The van der Waals surface area contributed by atoms with Crippen molar-refractivity contribution in [2.75, 3.05) is 0 Å². The van der Waals surface area contributed by atoms with Crippen molar-refractivity contribution < 1.29 is 13.9 Å². The van der Waals surface area contributed by atoms with E-state index in [1.54, 1.807) is 26.0 Å². The fraction of sp³-hybridized carbons (Fsp3) is 0.286. The van der Waals surface area contributed by atoms with Crippen LogP contribution in [0, 0.1) is 12.7 Å². The molecule has 1 N–H and O–H groups in total. The molecule has 1 heterocycles. The average molecular weight is 234 g/mol. The van der Waals surface area contributed by atoms with Gasteiger partial charge >= 0.3 is 0 Å². The molecular formula is C14H15FO2. The molecular weight excluding hydrogens is 219 g/mol. The highest BCUT2D eigenvalue weighted by molar-refractivity contribution is 5.58. The van der Waals surface area contributed by atoms with E-state index in [4.69, 9.17) is 4.42 Å². The molecule has 1 aromatic heterocycles. The first-order chi connectivity index (χ1) is 8.06. The molecule has 2 rings (SSSR count). The molecule has 0 saturated carbocycles. The number of rotatable bonds is 3. The van der Waals surface area contributed by atoms with Crippen molar-refractivity contribution in [2.24, 2.45) is 0 Å². The molecule has 2 nitrogen and oxygen atoms in total. The van der Waals surface area contributed by atoms with Gasteiger partial charge in [0.1, 0.15) is 17.3 Å². The second kappa shape index (κ2) is 4.72. The summed E-state index contributed by atoms with van der Waals surface area (Å²) < 4.78 is 18.7. The largest absolute Gasteiger partial charge is 0.461 e. The fourth-order valence-electron chi connectivity index (χ4n) is 1.73. The molecule has 0 radical (unpaired) electrons. The van der Waals surface area contributed by atoms with E-state index in [1.807, 2.05) is 12.1 Å². The van der Waals surface area contributed by atoms with Crippen LogP contribution in [-0.4, -0.2) is 11.2 Å². The van der Waals surface area contributed by atoms with Gasteiger partial charge in [-0.3, -0.25) is 0 Å². The van der Waals surface area contributed by atoms with Crippen LogP contribution >= 0.6 is 0 Å². The second-order valence-corrected chi connectivity index (χ2v) is 4.28. The highest BCUT2D eigenvalue weighted by atomic mass is 19.1. The quantitative estimate of drug-likeness (QED) is 0.883. The van der Waals surface area contributed by atoms with E-state index < -0.39 is 6.10 Å². The van der Waals surface area contributed by atoms with Gasteiger partial charge in [0.15, 0.2) is 0 Å². The highest BCUT2D eigenvalue weighted by Gasteiger charge is 2.08. The van der Waals surface area contributed by atoms with Crippen molar-refractivity contribution in [2.45, 2.75) is 26.4 Å². The molecule has 90 valence electrons. The third-order valence-electron chi connectivity index (χ3n) is 2.60. The Hall–Kier alpha value is -1.61. The number of halogens is 1. The van der Waals surface area contributed by atoms with Gasteiger partial charge in [-0.25, -0.2) is 4.39 Å². The predicted octanol–water partition coefficient (Wildman–Crippen LogP) is 3.32. The monoisotopic (exact) mass is 234 g/mol. The lowest BCUT2D eigenvalue weighted by atomic mass is 10.1. The standard InChI is InChI=1S/C14H15FO2/c1-9-7-11(3-5-13(9)15)14-6-4-12(17-14)8-10(2)16/h3-7,10,16H,8H2,1-2H3. The lowest BCUT2D eigenvalue weighted by Crippen LogP contribution is -2.02. The maximum Gasteiger partial charge on any atom is 0.134 e. The van der Waals surface area contributed by atoms with Gasteiger partial charge in [0.05, 0.1) is 6.10 Å². The molecule has 2 aromatic rings. The Morgan fingerprint density at radius 2 is 2.06 bits per heavy atom. The van der Waals surface area contributed by atoms with Crippen molar-refractivity contribution in [1.29, 1.82) is 0 Å². The van der Waals surface area contributed by atoms with E-state index >= 15 is 0 Å². The number of furan rings is 1. The van der Waals surface area contributed by atoms with Gasteiger partial charge in [0.2, 0.25) is 0 Å². The SMILES string of the molecule is Cc1cc(-c2ccc(CC(C)O)o2)ccc1F. The molecule has 1 unspecified atom stereocenters. The number of hydrogen-bond acceptors (Lipinski definition) is 2. The van der Waals surface area contributed by atoms with Gasteiger partial charge in [-0.2, -0.15) is 0 Å². The van der Waals surface area contributed by atoms with Crippen LogP contribution in [0.3, 0.4) is 0 Å². The summed E-state index contributed by atoms with van der Waals surface area (Å²) in [5, 5.41) is 9.26. The maximum atomic E-state index is 13.1. The summed E-state index contributed by atoms with van der Waals surface area (Å²) in [7, 11) is 0. The molecule has 17 heavy (non-hydrogen) atoms. The molecule has 0 spiro atoms. The van der Waals surface area contributed by atoms with Crippen LogP contribution in [0.5, 0.6) is 0 Å². The summed E-state index contributed by atoms with van der Waals surface area (Å²) in [6.45, 7) is 3.43. The van der Waals surface area contributed by atoms with Crippen LogP contribution in [0.1, 0.15) is 18.2 Å². The third-order valence-corrected chi connectivity index (χ3v) is 2.60. The Morgan fingerprint density at radius 3 is 2.71 bits per heavy atom. The van der Waals surface area contributed by atoms with Gasteiger partial charge in [-0.05, 0) is 49.7 Å². The molecule has 1 aromatic carbocycles.